The standard InChI is InChI=1S/C24H26ClN3O3/c1-2-19-7-5-6-14-26(19)22(29)16-27-21-9-4-3-8-20(21)23(30)28(24(27)31)15-17-10-12-18(25)13-11-17/h3-4,8-13,19H,2,5-7,14-16H2,1H3/t19-/m1/s1. The van der Waals surface area contributed by atoms with Gasteiger partial charge in [-0.3, -0.25) is 18.7 Å². The normalized spacial score (nSPS) is 16.6. The number of piperidine rings is 1. The molecule has 0 spiro atoms. The summed E-state index contributed by atoms with van der Waals surface area (Å²) in [6.07, 6.45) is 4.00. The lowest BCUT2D eigenvalue weighted by Gasteiger charge is -2.35. The Morgan fingerprint density at radius 2 is 1.77 bits per heavy atom. The van der Waals surface area contributed by atoms with E-state index in [1.165, 1.54) is 9.13 Å². The molecule has 0 aliphatic carbocycles. The summed E-state index contributed by atoms with van der Waals surface area (Å²) < 4.78 is 2.64. The molecule has 0 saturated carbocycles. The number of nitrogens with zero attached hydrogens (tertiary/aromatic N) is 3. The van der Waals surface area contributed by atoms with Crippen LogP contribution in [-0.2, 0) is 17.9 Å². The average molecular weight is 440 g/mol. The van der Waals surface area contributed by atoms with E-state index in [0.717, 1.165) is 31.2 Å². The van der Waals surface area contributed by atoms with Crippen LogP contribution in [0, 0.1) is 0 Å². The Morgan fingerprint density at radius 1 is 1.03 bits per heavy atom. The van der Waals surface area contributed by atoms with Crippen LogP contribution < -0.4 is 11.2 Å². The number of carbonyl (C=O) groups is 1. The van der Waals surface area contributed by atoms with Gasteiger partial charge in [0.2, 0.25) is 5.91 Å². The third-order valence-corrected chi connectivity index (χ3v) is 6.35. The van der Waals surface area contributed by atoms with Gasteiger partial charge in [-0.15, -0.1) is 0 Å². The maximum atomic E-state index is 13.4. The molecule has 0 bridgehead atoms. The minimum atomic E-state index is -0.475. The molecule has 7 heteroatoms. The van der Waals surface area contributed by atoms with E-state index in [9.17, 15) is 14.4 Å². The smallest absolute Gasteiger partial charge is 0.332 e. The summed E-state index contributed by atoms with van der Waals surface area (Å²) in [4.78, 5) is 41.6. The van der Waals surface area contributed by atoms with Crippen molar-refractivity contribution in [3.8, 4) is 0 Å². The summed E-state index contributed by atoms with van der Waals surface area (Å²) in [7, 11) is 0. The number of aromatic nitrogens is 2. The number of hydrogen-bond acceptors (Lipinski definition) is 3. The van der Waals surface area contributed by atoms with Crippen molar-refractivity contribution < 1.29 is 4.79 Å². The highest BCUT2D eigenvalue weighted by atomic mass is 35.5. The van der Waals surface area contributed by atoms with Gasteiger partial charge < -0.3 is 4.90 Å². The Balaban J connectivity index is 1.77. The van der Waals surface area contributed by atoms with Crippen LogP contribution in [0.3, 0.4) is 0 Å². The second-order valence-corrected chi connectivity index (χ2v) is 8.49. The average Bonchev–Trinajstić information content (AvgIpc) is 2.80. The fraction of sp³-hybridized carbons (Fsp3) is 0.375. The summed E-state index contributed by atoms with van der Waals surface area (Å²) in [5.41, 5.74) is 0.447. The van der Waals surface area contributed by atoms with Gasteiger partial charge in [-0.25, -0.2) is 4.79 Å². The number of hydrogen-bond donors (Lipinski definition) is 0. The SMILES string of the molecule is CC[C@@H]1CCCCN1C(=O)Cn1c(=O)n(Cc2ccc(Cl)cc2)c(=O)c2ccccc21. The number of amides is 1. The highest BCUT2D eigenvalue weighted by Crippen LogP contribution is 2.20. The molecule has 1 amide bonds. The predicted octanol–water partition coefficient (Wildman–Crippen LogP) is 3.66. The molecule has 1 aliphatic rings. The Labute approximate surface area is 185 Å². The zero-order valence-corrected chi connectivity index (χ0v) is 18.3. The Kier molecular flexibility index (Phi) is 6.28. The molecular weight excluding hydrogens is 414 g/mol. The van der Waals surface area contributed by atoms with E-state index in [4.69, 9.17) is 11.6 Å². The lowest BCUT2D eigenvalue weighted by Crippen LogP contribution is -2.47. The van der Waals surface area contributed by atoms with Crippen molar-refractivity contribution in [2.75, 3.05) is 6.54 Å². The van der Waals surface area contributed by atoms with Gasteiger partial charge in [-0.1, -0.05) is 42.8 Å². The van der Waals surface area contributed by atoms with Crippen molar-refractivity contribution in [1.29, 1.82) is 0 Å². The minimum Gasteiger partial charge on any atom is -0.338 e. The molecule has 0 radical (unpaired) electrons. The van der Waals surface area contributed by atoms with Gasteiger partial charge in [0.1, 0.15) is 6.54 Å². The maximum absolute atomic E-state index is 13.4. The Bertz CT molecular complexity index is 1210. The second kappa shape index (κ2) is 9.10. The fourth-order valence-electron chi connectivity index (χ4n) is 4.41. The first kappa shape index (κ1) is 21.4. The topological polar surface area (TPSA) is 64.3 Å². The van der Waals surface area contributed by atoms with Crippen LogP contribution in [0.15, 0.2) is 58.1 Å². The Morgan fingerprint density at radius 3 is 2.52 bits per heavy atom. The number of fused-ring (bicyclic) bond motifs is 1. The number of rotatable bonds is 5. The molecule has 2 aromatic carbocycles. The number of likely N-dealkylation sites (tertiary alicyclic amines) is 1. The van der Waals surface area contributed by atoms with Gasteiger partial charge in [-0.05, 0) is 55.5 Å². The molecule has 6 nitrogen and oxygen atoms in total. The van der Waals surface area contributed by atoms with Gasteiger partial charge >= 0.3 is 5.69 Å². The van der Waals surface area contributed by atoms with E-state index in [0.29, 0.717) is 22.5 Å². The van der Waals surface area contributed by atoms with Crippen LogP contribution in [0.25, 0.3) is 10.9 Å². The molecule has 0 N–H and O–H groups in total. The predicted molar refractivity (Wildman–Crippen MR) is 123 cm³/mol. The first-order valence-corrected chi connectivity index (χ1v) is 11.1. The molecule has 0 unspecified atom stereocenters. The molecule has 31 heavy (non-hydrogen) atoms. The number of benzene rings is 2. The van der Waals surface area contributed by atoms with Crippen LogP contribution in [-0.4, -0.2) is 32.5 Å². The van der Waals surface area contributed by atoms with Crippen LogP contribution in [0.5, 0.6) is 0 Å². The van der Waals surface area contributed by atoms with Gasteiger partial charge in [-0.2, -0.15) is 0 Å². The molecular formula is C24H26ClN3O3. The molecule has 4 rings (SSSR count). The number of carbonyl (C=O) groups excluding carboxylic acids is 1. The zero-order valence-electron chi connectivity index (χ0n) is 17.6. The second-order valence-electron chi connectivity index (χ2n) is 8.05. The highest BCUT2D eigenvalue weighted by molar-refractivity contribution is 6.30. The van der Waals surface area contributed by atoms with E-state index in [1.54, 1.807) is 48.5 Å². The fourth-order valence-corrected chi connectivity index (χ4v) is 4.54. The van der Waals surface area contributed by atoms with E-state index in [2.05, 4.69) is 6.92 Å². The van der Waals surface area contributed by atoms with Gasteiger partial charge in [0.25, 0.3) is 5.56 Å². The largest absolute Gasteiger partial charge is 0.338 e. The molecule has 1 fully saturated rings. The van der Waals surface area contributed by atoms with Crippen molar-refractivity contribution in [3.05, 3.63) is 80.0 Å². The summed E-state index contributed by atoms with van der Waals surface area (Å²) >= 11 is 5.96. The third kappa shape index (κ3) is 4.30. The van der Waals surface area contributed by atoms with Gasteiger partial charge in [0.15, 0.2) is 0 Å². The number of para-hydroxylation sites is 1. The van der Waals surface area contributed by atoms with Gasteiger partial charge in [0.05, 0.1) is 17.4 Å². The molecule has 1 aromatic heterocycles. The monoisotopic (exact) mass is 439 g/mol. The maximum Gasteiger partial charge on any atom is 0.332 e. The van der Waals surface area contributed by atoms with Crippen molar-refractivity contribution in [1.82, 2.24) is 14.0 Å². The summed E-state index contributed by atoms with van der Waals surface area (Å²) in [5, 5.41) is 1.01. The molecule has 2 heterocycles. The lowest BCUT2D eigenvalue weighted by molar-refractivity contribution is -0.135. The molecule has 1 aliphatic heterocycles. The third-order valence-electron chi connectivity index (χ3n) is 6.10. The highest BCUT2D eigenvalue weighted by Gasteiger charge is 2.26. The number of halogens is 1. The van der Waals surface area contributed by atoms with Crippen LogP contribution in [0.4, 0.5) is 0 Å². The van der Waals surface area contributed by atoms with Crippen molar-refractivity contribution >= 4 is 28.4 Å². The van der Waals surface area contributed by atoms with E-state index < -0.39 is 5.69 Å². The van der Waals surface area contributed by atoms with Gasteiger partial charge in [0, 0.05) is 17.6 Å². The first-order chi connectivity index (χ1) is 15.0. The van der Waals surface area contributed by atoms with Crippen molar-refractivity contribution in [2.24, 2.45) is 0 Å². The van der Waals surface area contributed by atoms with E-state index >= 15 is 0 Å². The van der Waals surface area contributed by atoms with Crippen LogP contribution in [0.1, 0.15) is 38.2 Å². The van der Waals surface area contributed by atoms with E-state index in [1.807, 2.05) is 4.90 Å². The zero-order chi connectivity index (χ0) is 22.0. The van der Waals surface area contributed by atoms with Crippen LogP contribution >= 0.6 is 11.6 Å². The molecule has 1 saturated heterocycles. The van der Waals surface area contributed by atoms with Crippen molar-refractivity contribution in [2.45, 2.75) is 51.7 Å². The summed E-state index contributed by atoms with van der Waals surface area (Å²) in [6, 6.07) is 14.2. The minimum absolute atomic E-state index is 0.0727. The van der Waals surface area contributed by atoms with Crippen LogP contribution in [0.2, 0.25) is 5.02 Å². The Hall–Kier alpha value is -2.86. The summed E-state index contributed by atoms with van der Waals surface area (Å²) in [5.74, 6) is -0.0736. The molecule has 162 valence electrons. The van der Waals surface area contributed by atoms with Crippen molar-refractivity contribution in [3.63, 3.8) is 0 Å². The molecule has 1 atom stereocenters. The molecule has 3 aromatic rings. The van der Waals surface area contributed by atoms with E-state index in [-0.39, 0.29) is 30.6 Å². The first-order valence-electron chi connectivity index (χ1n) is 10.8. The lowest BCUT2D eigenvalue weighted by atomic mass is 10.00. The summed E-state index contributed by atoms with van der Waals surface area (Å²) in [6.45, 7) is 2.85. The quantitative estimate of drug-likeness (QED) is 0.609.